The molecule has 0 rings (SSSR count). The van der Waals surface area contributed by atoms with Crippen molar-refractivity contribution in [1.82, 2.24) is 0 Å². The van der Waals surface area contributed by atoms with Crippen molar-refractivity contribution in [1.29, 1.82) is 0 Å². The second-order valence-electron chi connectivity index (χ2n) is 0.750. The van der Waals surface area contributed by atoms with Crippen LogP contribution >= 0.6 is 0 Å². The first-order valence-electron chi connectivity index (χ1n) is 1.84. The van der Waals surface area contributed by atoms with Crippen molar-refractivity contribution < 1.29 is 122 Å². The zero-order valence-corrected chi connectivity index (χ0v) is 16.2. The third-order valence-corrected chi connectivity index (χ3v) is 0. The van der Waals surface area contributed by atoms with Crippen molar-refractivity contribution >= 4 is 34.7 Å². The number of hydrogen-bond donors (Lipinski definition) is 0. The Kier molecular flexibility index (Phi) is 96.7. The van der Waals surface area contributed by atoms with Crippen molar-refractivity contribution in [3.05, 3.63) is 0 Å². The second-order valence-corrected chi connectivity index (χ2v) is 3.09. The molecule has 0 aromatic rings. The van der Waals surface area contributed by atoms with Gasteiger partial charge in [0, 0.05) is 34.1 Å². The van der Waals surface area contributed by atoms with E-state index in [1.54, 1.807) is 0 Å². The molecule has 0 amide bonds. The first-order valence-corrected chi connectivity index (χ1v) is 7.57. The Morgan fingerprint density at radius 2 is 0.500 bits per heavy atom. The van der Waals surface area contributed by atoms with Gasteiger partial charge in [-0.3, -0.25) is 0 Å². The Balaban J connectivity index is -0.0000000135. The van der Waals surface area contributed by atoms with Crippen molar-refractivity contribution in [2.24, 2.45) is 0 Å². The molecule has 9 nitrogen and oxygen atoms in total. The van der Waals surface area contributed by atoms with E-state index in [-0.39, 0.29) is 68.9 Å². The molecule has 0 aliphatic rings. The van der Waals surface area contributed by atoms with Gasteiger partial charge in [0.25, 0.3) is 0 Å². The Morgan fingerprint density at radius 1 is 0.500 bits per heavy atom. The summed E-state index contributed by atoms with van der Waals surface area (Å²) in [5.74, 6) is 0. The van der Waals surface area contributed by atoms with E-state index in [4.69, 9.17) is 32.1 Å². The first kappa shape index (κ1) is 42.7. The van der Waals surface area contributed by atoms with Crippen LogP contribution in [-0.4, -0.2) is 34.7 Å². The molecule has 0 aromatic carbocycles. The standard InChI is InChI=1S/2Al.2Fe.9O.3Ti/q2*+3;;;;;;6*-1;;;. The van der Waals surface area contributed by atoms with Crippen LogP contribution in [0.1, 0.15) is 0 Å². The normalized spacial score (nSPS) is 4.88. The number of hydrogen-bond acceptors (Lipinski definition) is 9. The van der Waals surface area contributed by atoms with Crippen LogP contribution in [0.2, 0.25) is 0 Å². The fraction of sp³-hybridized carbons (Fsp3) is 0. The van der Waals surface area contributed by atoms with Gasteiger partial charge in [-0.2, -0.15) is 0 Å². The van der Waals surface area contributed by atoms with E-state index in [9.17, 15) is 0 Å². The van der Waals surface area contributed by atoms with E-state index < -0.39 is 55.8 Å². The van der Waals surface area contributed by atoms with Crippen LogP contribution in [0.4, 0.5) is 0 Å². The first-order chi connectivity index (χ1) is 5.20. The molecule has 0 N–H and O–H groups in total. The Morgan fingerprint density at radius 3 is 0.500 bits per heavy atom. The van der Waals surface area contributed by atoms with Crippen LogP contribution in [0.3, 0.4) is 0 Å². The van der Waals surface area contributed by atoms with Gasteiger partial charge in [-0.25, -0.2) is 0 Å². The minimum absolute atomic E-state index is 0. The summed E-state index contributed by atoms with van der Waals surface area (Å²) in [6.07, 6.45) is 0. The second kappa shape index (κ2) is 36.2. The van der Waals surface area contributed by atoms with Gasteiger partial charge in [0.2, 0.25) is 0 Å². The molecule has 0 bridgehead atoms. The third-order valence-electron chi connectivity index (χ3n) is 0. The summed E-state index contributed by atoms with van der Waals surface area (Å²) in [6, 6.07) is 0. The van der Waals surface area contributed by atoms with E-state index in [1.165, 1.54) is 0 Å². The molecule has 0 radical (unpaired) electrons. The Hall–Kier alpha value is 3.41. The van der Waals surface area contributed by atoms with Gasteiger partial charge in [-0.15, -0.1) is 0 Å². The molecule has 16 heavy (non-hydrogen) atoms. The average Bonchev–Trinajstić information content (AvgIpc) is 1.54. The van der Waals surface area contributed by atoms with E-state index in [0.717, 1.165) is 0 Å². The molecule has 0 atom stereocenters. The summed E-state index contributed by atoms with van der Waals surface area (Å²) in [5.41, 5.74) is 0. The van der Waals surface area contributed by atoms with Crippen molar-refractivity contribution in [3.8, 4) is 0 Å². The van der Waals surface area contributed by atoms with Gasteiger partial charge in [0.1, 0.15) is 0 Å². The molecule has 0 spiro atoms. The fourth-order valence-corrected chi connectivity index (χ4v) is 0. The molecule has 0 unspecified atom stereocenters. The molecule has 0 saturated carbocycles. The van der Waals surface area contributed by atoms with Crippen molar-refractivity contribution in [3.63, 3.8) is 0 Å². The van der Waals surface area contributed by atoms with Crippen LogP contribution in [0.25, 0.3) is 0 Å². The van der Waals surface area contributed by atoms with Gasteiger partial charge < -0.3 is 0 Å². The molecule has 0 heterocycles. The summed E-state index contributed by atoms with van der Waals surface area (Å²) < 4.78 is 77.2. The van der Waals surface area contributed by atoms with Crippen LogP contribution in [-0.2, 0) is 100.0 Å². The van der Waals surface area contributed by atoms with Gasteiger partial charge in [0.05, 0.1) is 0 Å². The van der Waals surface area contributed by atoms with E-state index >= 15 is 0 Å². The molecular formula is Al2Fe2O9Ti3. The summed E-state index contributed by atoms with van der Waals surface area (Å²) in [5, 5.41) is 0. The molecule has 0 aromatic heterocycles. The molecule has 0 fully saturated rings. The summed E-state index contributed by atoms with van der Waals surface area (Å²) in [7, 11) is 0. The van der Waals surface area contributed by atoms with Gasteiger partial charge in [-0.05, 0) is 0 Å². The van der Waals surface area contributed by atoms with Gasteiger partial charge in [-0.1, -0.05) is 0 Å². The van der Waals surface area contributed by atoms with Crippen molar-refractivity contribution in [2.45, 2.75) is 0 Å². The predicted octanol–water partition coefficient (Wildman–Crippen LogP) is -8.26. The molecular weight excluding hydrogens is 453 g/mol. The van der Waals surface area contributed by atoms with Crippen LogP contribution in [0.5, 0.6) is 0 Å². The fourth-order valence-electron chi connectivity index (χ4n) is 0. The maximum atomic E-state index is 8.58. The SMILES string of the molecule is [Al+3].[Al+3].[Fe].[Fe].[O]=[Ti]([O-])[O-].[O]=[Ti]([O-])[O-].[O]=[Ti]([O-])[O-]. The monoisotopic (exact) mass is 454 g/mol. The summed E-state index contributed by atoms with van der Waals surface area (Å²) >= 11 is -12.2. The van der Waals surface area contributed by atoms with Gasteiger partial charge in [0.15, 0.2) is 0 Å². The Bertz CT molecular complexity index is 124. The van der Waals surface area contributed by atoms with Crippen LogP contribution in [0, 0.1) is 0 Å². The molecule has 0 aliphatic heterocycles. The topological polar surface area (TPSA) is 190 Å². The minimum atomic E-state index is -4.08. The third kappa shape index (κ3) is 404. The van der Waals surface area contributed by atoms with Crippen LogP contribution < -0.4 is 22.1 Å². The van der Waals surface area contributed by atoms with Crippen molar-refractivity contribution in [2.75, 3.05) is 0 Å². The molecule has 88 valence electrons. The zero-order chi connectivity index (χ0) is 10.7. The van der Waals surface area contributed by atoms with Crippen LogP contribution in [0.15, 0.2) is 0 Å². The molecule has 16 heteroatoms. The molecule has 0 aliphatic carbocycles. The Labute approximate surface area is 154 Å². The van der Waals surface area contributed by atoms with E-state index in [1.807, 2.05) is 0 Å². The maximum absolute atomic E-state index is 8.58. The quantitative estimate of drug-likeness (QED) is 0.321. The van der Waals surface area contributed by atoms with E-state index in [2.05, 4.69) is 0 Å². The number of rotatable bonds is 0. The summed E-state index contributed by atoms with van der Waals surface area (Å²) in [4.78, 5) is 0. The zero-order valence-electron chi connectivity index (χ0n) is 7.04. The van der Waals surface area contributed by atoms with E-state index in [0.29, 0.717) is 0 Å². The average molecular weight is 453 g/mol. The molecule has 0 saturated heterocycles. The predicted molar refractivity (Wildman–Crippen MR) is 13.6 cm³/mol. The van der Waals surface area contributed by atoms with Gasteiger partial charge >= 0.3 is 123 Å². The summed E-state index contributed by atoms with van der Waals surface area (Å²) in [6.45, 7) is 0.